The van der Waals surface area contributed by atoms with Crippen molar-refractivity contribution in [3.05, 3.63) is 35.1 Å². The van der Waals surface area contributed by atoms with Gasteiger partial charge in [-0.2, -0.15) is 0 Å². The molecule has 0 spiro atoms. The van der Waals surface area contributed by atoms with Crippen molar-refractivity contribution in [2.45, 2.75) is 11.8 Å². The summed E-state index contributed by atoms with van der Waals surface area (Å²) in [6, 6.07) is 4.88. The van der Waals surface area contributed by atoms with Crippen LogP contribution in [0, 0.1) is 5.82 Å². The lowest BCUT2D eigenvalue weighted by molar-refractivity contribution is 0.0986. The zero-order valence-corrected chi connectivity index (χ0v) is 10.6. The molecule has 4 heteroatoms. The fourth-order valence-electron chi connectivity index (χ4n) is 1.12. The lowest BCUT2D eigenvalue weighted by atomic mass is 10.1. The van der Waals surface area contributed by atoms with Crippen molar-refractivity contribution in [3.63, 3.8) is 0 Å². The monoisotopic (exact) mass is 322 g/mol. The van der Waals surface area contributed by atoms with Gasteiger partial charge in [0, 0.05) is 17.1 Å². The second-order valence-corrected chi connectivity index (χ2v) is 4.13. The Labute approximate surface area is 99.0 Å². The van der Waals surface area contributed by atoms with E-state index < -0.39 is 5.82 Å². The Hall–Kier alpha value is -0.220. The normalized spacial score (nSPS) is 10.2. The van der Waals surface area contributed by atoms with Crippen molar-refractivity contribution >= 4 is 37.6 Å². The van der Waals surface area contributed by atoms with Gasteiger partial charge in [0.2, 0.25) is 0 Å². The maximum absolute atomic E-state index is 13.6. The summed E-state index contributed by atoms with van der Waals surface area (Å²) < 4.78 is 13.6. The maximum Gasteiger partial charge on any atom is 0.166 e. The van der Waals surface area contributed by atoms with E-state index in [4.69, 9.17) is 0 Å². The van der Waals surface area contributed by atoms with E-state index in [-0.39, 0.29) is 11.3 Å². The molecule has 0 atom stereocenters. The number of hydrogen-bond acceptors (Lipinski definition) is 1. The molecular formula is C10H9Br2FO. The molecule has 0 saturated heterocycles. The molecule has 0 fully saturated rings. The Kier molecular flexibility index (Phi) is 4.75. The summed E-state index contributed by atoms with van der Waals surface area (Å²) >= 11 is 6.32. The Morgan fingerprint density at radius 2 is 2.07 bits per heavy atom. The van der Waals surface area contributed by atoms with Crippen LogP contribution in [0.15, 0.2) is 18.2 Å². The number of carbonyl (C=O) groups is 1. The van der Waals surface area contributed by atoms with Crippen molar-refractivity contribution in [2.75, 3.05) is 5.33 Å². The van der Waals surface area contributed by atoms with E-state index in [0.29, 0.717) is 22.6 Å². The molecule has 0 aliphatic carbocycles. The standard InChI is InChI=1S/C10H9Br2FO/c11-5-4-9(14)8-3-1-2-7(6-12)10(8)13/h1-3H,4-6H2. The van der Waals surface area contributed by atoms with Crippen LogP contribution in [0.4, 0.5) is 4.39 Å². The van der Waals surface area contributed by atoms with Gasteiger partial charge in [-0.3, -0.25) is 4.79 Å². The number of alkyl halides is 2. The van der Waals surface area contributed by atoms with Crippen molar-refractivity contribution in [3.8, 4) is 0 Å². The number of hydrogen-bond donors (Lipinski definition) is 0. The SMILES string of the molecule is O=C(CCBr)c1cccc(CBr)c1F. The van der Waals surface area contributed by atoms with Crippen LogP contribution in [-0.4, -0.2) is 11.1 Å². The fraction of sp³-hybridized carbons (Fsp3) is 0.300. The van der Waals surface area contributed by atoms with Crippen molar-refractivity contribution in [1.82, 2.24) is 0 Å². The van der Waals surface area contributed by atoms with Crippen molar-refractivity contribution in [1.29, 1.82) is 0 Å². The molecule has 0 aliphatic heterocycles. The zero-order valence-electron chi connectivity index (χ0n) is 7.40. The molecule has 76 valence electrons. The molecule has 0 saturated carbocycles. The maximum atomic E-state index is 13.6. The molecule has 0 radical (unpaired) electrons. The average molecular weight is 324 g/mol. The highest BCUT2D eigenvalue weighted by atomic mass is 79.9. The van der Waals surface area contributed by atoms with E-state index in [2.05, 4.69) is 31.9 Å². The first kappa shape index (κ1) is 11.9. The van der Waals surface area contributed by atoms with Crippen molar-refractivity contribution in [2.24, 2.45) is 0 Å². The van der Waals surface area contributed by atoms with E-state index in [0.717, 1.165) is 0 Å². The second kappa shape index (κ2) is 5.61. The molecule has 0 unspecified atom stereocenters. The first-order valence-electron chi connectivity index (χ1n) is 4.13. The van der Waals surface area contributed by atoms with Gasteiger partial charge in [0.15, 0.2) is 5.78 Å². The summed E-state index contributed by atoms with van der Waals surface area (Å²) in [5, 5.41) is 0.984. The molecule has 1 aromatic rings. The van der Waals surface area contributed by atoms with E-state index in [9.17, 15) is 9.18 Å². The van der Waals surface area contributed by atoms with Gasteiger partial charge in [0.25, 0.3) is 0 Å². The molecule has 0 bridgehead atoms. The number of rotatable bonds is 4. The van der Waals surface area contributed by atoms with Crippen molar-refractivity contribution < 1.29 is 9.18 Å². The van der Waals surface area contributed by atoms with Crippen LogP contribution in [-0.2, 0) is 5.33 Å². The summed E-state index contributed by atoms with van der Waals surface area (Å²) in [6.07, 6.45) is 0.322. The van der Waals surface area contributed by atoms with Gasteiger partial charge in [-0.05, 0) is 11.6 Å². The largest absolute Gasteiger partial charge is 0.294 e. The minimum Gasteiger partial charge on any atom is -0.294 e. The van der Waals surface area contributed by atoms with Crippen LogP contribution in [0.5, 0.6) is 0 Å². The molecule has 0 amide bonds. The lowest BCUT2D eigenvalue weighted by Crippen LogP contribution is -2.04. The third-order valence-corrected chi connectivity index (χ3v) is 2.85. The molecular weight excluding hydrogens is 315 g/mol. The summed E-state index contributed by atoms with van der Waals surface area (Å²) in [7, 11) is 0. The first-order chi connectivity index (χ1) is 6.70. The summed E-state index contributed by atoms with van der Waals surface area (Å²) in [6.45, 7) is 0. The molecule has 0 N–H and O–H groups in total. The highest BCUT2D eigenvalue weighted by Crippen LogP contribution is 2.17. The quantitative estimate of drug-likeness (QED) is 0.610. The van der Waals surface area contributed by atoms with Gasteiger partial charge in [-0.1, -0.05) is 44.0 Å². The smallest absolute Gasteiger partial charge is 0.166 e. The van der Waals surface area contributed by atoms with E-state index in [1.807, 2.05) is 0 Å². The third-order valence-electron chi connectivity index (χ3n) is 1.84. The minimum absolute atomic E-state index is 0.165. The number of carbonyl (C=O) groups excluding carboxylic acids is 1. The van der Waals surface area contributed by atoms with Crippen LogP contribution in [0.2, 0.25) is 0 Å². The molecule has 1 rings (SSSR count). The molecule has 1 aromatic carbocycles. The third kappa shape index (κ3) is 2.64. The average Bonchev–Trinajstić information content (AvgIpc) is 2.18. The summed E-state index contributed by atoms with van der Waals surface area (Å²) in [5.74, 6) is -0.572. The van der Waals surface area contributed by atoms with E-state index in [1.54, 1.807) is 12.1 Å². The van der Waals surface area contributed by atoms with E-state index in [1.165, 1.54) is 6.07 Å². The van der Waals surface area contributed by atoms with Gasteiger partial charge in [-0.15, -0.1) is 0 Å². The van der Waals surface area contributed by atoms with Gasteiger partial charge < -0.3 is 0 Å². The molecule has 0 heterocycles. The highest BCUT2D eigenvalue weighted by molar-refractivity contribution is 9.09. The zero-order chi connectivity index (χ0) is 10.6. The topological polar surface area (TPSA) is 17.1 Å². The summed E-state index contributed by atoms with van der Waals surface area (Å²) in [5.41, 5.74) is 0.701. The van der Waals surface area contributed by atoms with Crippen LogP contribution in [0.3, 0.4) is 0 Å². The predicted octanol–water partition coefficient (Wildman–Crippen LogP) is 3.69. The van der Waals surface area contributed by atoms with E-state index >= 15 is 0 Å². The molecule has 0 aromatic heterocycles. The predicted molar refractivity (Wildman–Crippen MR) is 61.8 cm³/mol. The molecule has 0 aliphatic rings. The number of benzene rings is 1. The Morgan fingerprint density at radius 1 is 1.36 bits per heavy atom. The van der Waals surface area contributed by atoms with Crippen LogP contribution < -0.4 is 0 Å². The fourth-order valence-corrected chi connectivity index (χ4v) is 1.91. The Balaban J connectivity index is 3.03. The molecule has 14 heavy (non-hydrogen) atoms. The Morgan fingerprint density at radius 3 is 2.64 bits per heavy atom. The first-order valence-corrected chi connectivity index (χ1v) is 6.37. The molecule has 1 nitrogen and oxygen atoms in total. The van der Waals surface area contributed by atoms with Crippen LogP contribution >= 0.6 is 31.9 Å². The Bertz CT molecular complexity index is 339. The number of halogens is 3. The summed E-state index contributed by atoms with van der Waals surface area (Å²) in [4.78, 5) is 11.4. The van der Waals surface area contributed by atoms with Crippen LogP contribution in [0.1, 0.15) is 22.3 Å². The number of Topliss-reactive ketones (excluding diaryl/α,β-unsaturated/α-hetero) is 1. The van der Waals surface area contributed by atoms with Gasteiger partial charge in [0.05, 0.1) is 5.56 Å². The number of ketones is 1. The second-order valence-electron chi connectivity index (χ2n) is 2.77. The van der Waals surface area contributed by atoms with Crippen LogP contribution in [0.25, 0.3) is 0 Å². The minimum atomic E-state index is -0.407. The lowest BCUT2D eigenvalue weighted by Gasteiger charge is -2.04. The van der Waals surface area contributed by atoms with Gasteiger partial charge >= 0.3 is 0 Å². The van der Waals surface area contributed by atoms with Gasteiger partial charge in [-0.25, -0.2) is 4.39 Å². The van der Waals surface area contributed by atoms with Gasteiger partial charge in [0.1, 0.15) is 5.82 Å². The highest BCUT2D eigenvalue weighted by Gasteiger charge is 2.13.